The lowest BCUT2D eigenvalue weighted by atomic mass is 10.4. The molecule has 94 valence electrons. The van der Waals surface area contributed by atoms with Crippen LogP contribution in [0.3, 0.4) is 0 Å². The molecule has 0 aromatic carbocycles. The summed E-state index contributed by atoms with van der Waals surface area (Å²) in [5.41, 5.74) is 0.389. The van der Waals surface area contributed by atoms with Gasteiger partial charge in [0.15, 0.2) is 0 Å². The van der Waals surface area contributed by atoms with Crippen molar-refractivity contribution in [1.82, 2.24) is 14.5 Å². The second-order valence-electron chi connectivity index (χ2n) is 4.23. The van der Waals surface area contributed by atoms with Crippen molar-refractivity contribution in [2.45, 2.75) is 26.2 Å². The Morgan fingerprint density at radius 1 is 1.39 bits per heavy atom. The van der Waals surface area contributed by atoms with Gasteiger partial charge in [0.25, 0.3) is 5.56 Å². The first-order valence-corrected chi connectivity index (χ1v) is 6.78. The predicted octanol–water partition coefficient (Wildman–Crippen LogP) is 1.43. The third-order valence-electron chi connectivity index (χ3n) is 3.05. The number of aromatic amines is 1. The largest absolute Gasteiger partial charge is 0.336 e. The SMILES string of the molecule is Cc1c(Cl)[nH]c(=O)n(-c2nc3c(s2)CCC3)c1=O. The number of thiazole rings is 1. The van der Waals surface area contributed by atoms with Gasteiger partial charge in [0.1, 0.15) is 5.15 Å². The Kier molecular flexibility index (Phi) is 2.64. The first-order chi connectivity index (χ1) is 8.58. The molecular weight excluding hydrogens is 274 g/mol. The highest BCUT2D eigenvalue weighted by atomic mass is 35.5. The molecule has 0 spiro atoms. The quantitative estimate of drug-likeness (QED) is 0.805. The fourth-order valence-electron chi connectivity index (χ4n) is 2.04. The number of hydrogen-bond acceptors (Lipinski definition) is 4. The highest BCUT2D eigenvalue weighted by molar-refractivity contribution is 7.14. The minimum atomic E-state index is -0.539. The summed E-state index contributed by atoms with van der Waals surface area (Å²) < 4.78 is 1.06. The molecule has 2 aromatic heterocycles. The van der Waals surface area contributed by atoms with Crippen molar-refractivity contribution in [3.8, 4) is 5.13 Å². The molecule has 0 unspecified atom stereocenters. The van der Waals surface area contributed by atoms with E-state index in [2.05, 4.69) is 9.97 Å². The van der Waals surface area contributed by atoms with Crippen molar-refractivity contribution >= 4 is 22.9 Å². The lowest BCUT2D eigenvalue weighted by Gasteiger charge is -2.02. The van der Waals surface area contributed by atoms with E-state index in [-0.39, 0.29) is 5.15 Å². The van der Waals surface area contributed by atoms with Crippen LogP contribution in [0.2, 0.25) is 5.15 Å². The Hall–Kier alpha value is -1.40. The van der Waals surface area contributed by atoms with Crippen LogP contribution in [0.25, 0.3) is 5.13 Å². The Morgan fingerprint density at radius 3 is 2.89 bits per heavy atom. The normalized spacial score (nSPS) is 13.9. The molecule has 2 aromatic rings. The van der Waals surface area contributed by atoms with Gasteiger partial charge in [-0.1, -0.05) is 11.6 Å². The average Bonchev–Trinajstić information content (AvgIpc) is 2.86. The number of aryl methyl sites for hydroxylation is 2. The van der Waals surface area contributed by atoms with Gasteiger partial charge >= 0.3 is 5.69 Å². The van der Waals surface area contributed by atoms with E-state index in [1.54, 1.807) is 6.92 Å². The van der Waals surface area contributed by atoms with Crippen LogP contribution in [0.1, 0.15) is 22.6 Å². The molecule has 0 saturated carbocycles. The van der Waals surface area contributed by atoms with Crippen LogP contribution in [-0.4, -0.2) is 14.5 Å². The monoisotopic (exact) mass is 283 g/mol. The summed E-state index contributed by atoms with van der Waals surface area (Å²) in [6, 6.07) is 0. The Morgan fingerprint density at radius 2 is 2.17 bits per heavy atom. The molecule has 0 saturated heterocycles. The minimum absolute atomic E-state index is 0.0883. The topological polar surface area (TPSA) is 67.8 Å². The molecule has 0 radical (unpaired) electrons. The van der Waals surface area contributed by atoms with E-state index in [1.807, 2.05) is 0 Å². The van der Waals surface area contributed by atoms with Crippen LogP contribution >= 0.6 is 22.9 Å². The average molecular weight is 284 g/mol. The molecule has 0 bridgehead atoms. The highest BCUT2D eigenvalue weighted by Gasteiger charge is 2.20. The molecular formula is C11H10ClN3O2S. The zero-order valence-corrected chi connectivity index (χ0v) is 11.2. The second-order valence-corrected chi connectivity index (χ2v) is 5.67. The Balaban J connectivity index is 2.26. The van der Waals surface area contributed by atoms with Crippen LogP contribution in [0, 0.1) is 6.92 Å². The maximum absolute atomic E-state index is 12.1. The maximum Gasteiger partial charge on any atom is 0.336 e. The number of hydrogen-bond donors (Lipinski definition) is 1. The van der Waals surface area contributed by atoms with Gasteiger partial charge in [-0.2, -0.15) is 0 Å². The smallest absolute Gasteiger partial charge is 0.297 e. The molecule has 7 heteroatoms. The van der Waals surface area contributed by atoms with E-state index in [4.69, 9.17) is 11.6 Å². The second kappa shape index (κ2) is 4.07. The van der Waals surface area contributed by atoms with Crippen LogP contribution in [0.4, 0.5) is 0 Å². The van der Waals surface area contributed by atoms with E-state index in [0.717, 1.165) is 29.5 Å². The van der Waals surface area contributed by atoms with Gasteiger partial charge in [0.05, 0.1) is 11.3 Å². The summed E-state index contributed by atoms with van der Waals surface area (Å²) in [5, 5.41) is 0.524. The first kappa shape index (κ1) is 11.7. The van der Waals surface area contributed by atoms with Gasteiger partial charge in [-0.25, -0.2) is 14.3 Å². The molecule has 0 atom stereocenters. The predicted molar refractivity (Wildman–Crippen MR) is 70.1 cm³/mol. The Labute approximate surface area is 111 Å². The molecule has 0 aliphatic heterocycles. The fourth-order valence-corrected chi connectivity index (χ4v) is 3.35. The first-order valence-electron chi connectivity index (χ1n) is 5.58. The van der Waals surface area contributed by atoms with Crippen molar-refractivity contribution in [3.63, 3.8) is 0 Å². The molecule has 3 rings (SSSR count). The van der Waals surface area contributed by atoms with E-state index >= 15 is 0 Å². The number of nitrogens with one attached hydrogen (secondary N) is 1. The lowest BCUT2D eigenvalue weighted by molar-refractivity contribution is 0.836. The van der Waals surface area contributed by atoms with Gasteiger partial charge in [0, 0.05) is 4.88 Å². The third kappa shape index (κ3) is 1.64. The Bertz CT molecular complexity index is 722. The van der Waals surface area contributed by atoms with Crippen molar-refractivity contribution in [2.75, 3.05) is 0 Å². The maximum atomic E-state index is 12.1. The van der Waals surface area contributed by atoms with Gasteiger partial charge in [-0.05, 0) is 26.2 Å². The van der Waals surface area contributed by atoms with Crippen LogP contribution in [-0.2, 0) is 12.8 Å². The van der Waals surface area contributed by atoms with Crippen LogP contribution < -0.4 is 11.2 Å². The van der Waals surface area contributed by atoms with Crippen molar-refractivity contribution in [1.29, 1.82) is 0 Å². The molecule has 1 aliphatic carbocycles. The van der Waals surface area contributed by atoms with Gasteiger partial charge < -0.3 is 0 Å². The van der Waals surface area contributed by atoms with Crippen molar-refractivity contribution < 1.29 is 0 Å². The summed E-state index contributed by atoms with van der Waals surface area (Å²) in [4.78, 5) is 31.9. The third-order valence-corrected chi connectivity index (χ3v) is 4.57. The zero-order chi connectivity index (χ0) is 12.9. The summed E-state index contributed by atoms with van der Waals surface area (Å²) in [6.45, 7) is 1.58. The summed E-state index contributed by atoms with van der Waals surface area (Å²) in [5.74, 6) is 0. The van der Waals surface area contributed by atoms with Gasteiger partial charge in [-0.15, -0.1) is 11.3 Å². The summed E-state index contributed by atoms with van der Waals surface area (Å²) in [7, 11) is 0. The van der Waals surface area contributed by atoms with Gasteiger partial charge in [0.2, 0.25) is 5.13 Å². The van der Waals surface area contributed by atoms with Crippen molar-refractivity contribution in [3.05, 3.63) is 42.1 Å². The van der Waals surface area contributed by atoms with E-state index in [0.29, 0.717) is 10.7 Å². The minimum Gasteiger partial charge on any atom is -0.297 e. The number of halogens is 1. The zero-order valence-electron chi connectivity index (χ0n) is 9.62. The van der Waals surface area contributed by atoms with Crippen molar-refractivity contribution in [2.24, 2.45) is 0 Å². The van der Waals surface area contributed by atoms with Crippen LogP contribution in [0.15, 0.2) is 9.59 Å². The fraction of sp³-hybridized carbons (Fsp3) is 0.364. The molecule has 1 aliphatic rings. The molecule has 1 N–H and O–H groups in total. The van der Waals surface area contributed by atoms with Crippen LogP contribution in [0.5, 0.6) is 0 Å². The number of aromatic nitrogens is 3. The highest BCUT2D eigenvalue weighted by Crippen LogP contribution is 2.28. The van der Waals surface area contributed by atoms with E-state index in [9.17, 15) is 9.59 Å². The molecule has 5 nitrogen and oxygen atoms in total. The number of nitrogens with zero attached hydrogens (tertiary/aromatic N) is 2. The summed E-state index contributed by atoms with van der Waals surface area (Å²) >= 11 is 7.17. The molecule has 0 fully saturated rings. The summed E-state index contributed by atoms with van der Waals surface area (Å²) in [6.07, 6.45) is 3.00. The molecule has 18 heavy (non-hydrogen) atoms. The number of H-pyrrole nitrogens is 1. The molecule has 0 amide bonds. The molecule has 2 heterocycles. The number of rotatable bonds is 1. The standard InChI is InChI=1S/C11H10ClN3O2S/c1-5-8(12)14-10(17)15(9(5)16)11-13-6-3-2-4-7(6)18-11/h2-4H2,1H3,(H,14,17). The van der Waals surface area contributed by atoms with E-state index < -0.39 is 11.2 Å². The lowest BCUT2D eigenvalue weighted by Crippen LogP contribution is -2.35. The number of fused-ring (bicyclic) bond motifs is 1. The van der Waals surface area contributed by atoms with E-state index in [1.165, 1.54) is 16.2 Å². The van der Waals surface area contributed by atoms with Gasteiger partial charge in [-0.3, -0.25) is 9.78 Å².